The van der Waals surface area contributed by atoms with Crippen LogP contribution in [0.1, 0.15) is 0 Å². The summed E-state index contributed by atoms with van der Waals surface area (Å²) in [4.78, 5) is 12.4. The Morgan fingerprint density at radius 1 is 1.33 bits per heavy atom. The lowest BCUT2D eigenvalue weighted by Gasteiger charge is -2.27. The molecule has 15 heavy (non-hydrogen) atoms. The van der Waals surface area contributed by atoms with Crippen molar-refractivity contribution >= 4 is 16.3 Å². The Bertz CT molecular complexity index is 346. The molecule has 80 valence electrons. The fraction of sp³-hybridized carbons (Fsp3) is 0.333. The van der Waals surface area contributed by atoms with Crippen LogP contribution in [0.5, 0.6) is 0 Å². The third-order valence-electron chi connectivity index (χ3n) is 2.22. The van der Waals surface area contributed by atoms with Crippen molar-refractivity contribution in [2.75, 3.05) is 18.1 Å². The van der Waals surface area contributed by atoms with Crippen molar-refractivity contribution in [3.63, 3.8) is 0 Å². The zero-order valence-corrected chi connectivity index (χ0v) is 8.72. The Labute approximate surface area is 91.0 Å². The molecule has 1 unspecified atom stereocenters. The second kappa shape index (κ2) is 3.73. The lowest BCUT2D eigenvalue weighted by Crippen LogP contribution is -2.42. The van der Waals surface area contributed by atoms with Crippen LogP contribution in [0.3, 0.4) is 0 Å². The maximum absolute atomic E-state index is 5.54. The first-order chi connectivity index (χ1) is 7.45. The van der Waals surface area contributed by atoms with Crippen molar-refractivity contribution in [1.29, 1.82) is 0 Å². The summed E-state index contributed by atoms with van der Waals surface area (Å²) >= 11 is 1.67. The molecular weight excluding hydrogens is 216 g/mol. The van der Waals surface area contributed by atoms with E-state index < -0.39 is 0 Å². The first-order valence-corrected chi connectivity index (χ1v) is 5.53. The summed E-state index contributed by atoms with van der Waals surface area (Å²) in [6, 6.07) is 4.06. The van der Waals surface area contributed by atoms with E-state index in [0.29, 0.717) is 6.61 Å². The van der Waals surface area contributed by atoms with Gasteiger partial charge in [-0.05, 0) is 17.5 Å². The highest BCUT2D eigenvalue weighted by atomic mass is 32.1. The molecule has 1 aromatic rings. The number of ether oxygens (including phenoxy) is 1. The second-order valence-electron chi connectivity index (χ2n) is 3.11. The fourth-order valence-electron chi connectivity index (χ4n) is 1.58. The summed E-state index contributed by atoms with van der Waals surface area (Å²) in [7, 11) is 0. The number of hydrogen-bond donors (Lipinski definition) is 0. The molecule has 1 saturated heterocycles. The first-order valence-electron chi connectivity index (χ1n) is 4.65. The van der Waals surface area contributed by atoms with E-state index in [1.54, 1.807) is 11.3 Å². The van der Waals surface area contributed by atoms with Crippen molar-refractivity contribution in [2.45, 2.75) is 6.35 Å². The highest BCUT2D eigenvalue weighted by Gasteiger charge is 2.35. The molecule has 2 aliphatic rings. The fourth-order valence-corrected chi connectivity index (χ4v) is 2.35. The molecule has 0 spiro atoms. The Kier molecular flexibility index (Phi) is 2.24. The number of rotatable bonds is 2. The lowest BCUT2D eigenvalue weighted by atomic mass is 10.5. The molecule has 3 heterocycles. The lowest BCUT2D eigenvalue weighted by molar-refractivity contribution is -0.349. The minimum absolute atomic E-state index is 0.307. The minimum atomic E-state index is -0.307. The molecule has 0 bridgehead atoms. The van der Waals surface area contributed by atoms with Gasteiger partial charge in [0.2, 0.25) is 0 Å². The number of nitrogens with zero attached hydrogens (tertiary/aromatic N) is 2. The van der Waals surface area contributed by atoms with Gasteiger partial charge in [0.25, 0.3) is 6.35 Å². The number of thiophene rings is 1. The van der Waals surface area contributed by atoms with Crippen LogP contribution in [-0.2, 0) is 14.4 Å². The molecular formula is C9H10N2O3S. The van der Waals surface area contributed by atoms with Gasteiger partial charge in [-0.15, -0.1) is 11.3 Å². The van der Waals surface area contributed by atoms with Gasteiger partial charge in [-0.2, -0.15) is 0 Å². The van der Waals surface area contributed by atoms with Gasteiger partial charge in [-0.1, -0.05) is 0 Å². The molecule has 3 rings (SSSR count). The van der Waals surface area contributed by atoms with E-state index >= 15 is 0 Å². The van der Waals surface area contributed by atoms with E-state index in [1.807, 2.05) is 11.4 Å². The Morgan fingerprint density at radius 2 is 2.20 bits per heavy atom. The molecule has 1 atom stereocenters. The summed E-state index contributed by atoms with van der Waals surface area (Å²) < 4.78 is 5.54. The molecule has 5 nitrogen and oxygen atoms in total. The van der Waals surface area contributed by atoms with Gasteiger partial charge < -0.3 is 19.3 Å². The summed E-state index contributed by atoms with van der Waals surface area (Å²) in [5, 5.41) is 4.53. The van der Waals surface area contributed by atoms with Crippen LogP contribution in [0.25, 0.3) is 0 Å². The smallest absolute Gasteiger partial charge is 0.261 e. The standard InChI is InChI=1S/C9H10N2O3S/c1-2-8(15-7-1)10-3-4-12-9(10)11-13-5-6-14-11/h1-2,5-7,9H,3-4H2. The molecule has 2 aliphatic heterocycles. The van der Waals surface area contributed by atoms with Gasteiger partial charge in [0, 0.05) is 6.54 Å². The van der Waals surface area contributed by atoms with Gasteiger partial charge in [0.1, 0.15) is 0 Å². The topological polar surface area (TPSA) is 34.2 Å². The van der Waals surface area contributed by atoms with Gasteiger partial charge in [-0.3, -0.25) is 0 Å². The molecule has 0 saturated carbocycles. The minimum Gasteiger partial charge on any atom is -0.372 e. The Hall–Kier alpha value is -1.24. The van der Waals surface area contributed by atoms with Gasteiger partial charge >= 0.3 is 0 Å². The Morgan fingerprint density at radius 3 is 2.93 bits per heavy atom. The predicted molar refractivity (Wildman–Crippen MR) is 54.6 cm³/mol. The van der Waals surface area contributed by atoms with Crippen LogP contribution in [0.2, 0.25) is 0 Å². The molecule has 0 aliphatic carbocycles. The summed E-state index contributed by atoms with van der Waals surface area (Å²) in [6.45, 7) is 1.51. The predicted octanol–water partition coefficient (Wildman–Crippen LogP) is 1.52. The third kappa shape index (κ3) is 1.56. The van der Waals surface area contributed by atoms with E-state index in [-0.39, 0.29) is 6.35 Å². The first kappa shape index (κ1) is 9.02. The summed E-state index contributed by atoms with van der Waals surface area (Å²) in [6.07, 6.45) is 2.65. The Balaban J connectivity index is 1.77. The zero-order chi connectivity index (χ0) is 10.1. The summed E-state index contributed by atoms with van der Waals surface area (Å²) in [5.74, 6) is 0. The van der Waals surface area contributed by atoms with Crippen LogP contribution in [-0.4, -0.2) is 24.7 Å². The SMILES string of the molecule is C1=CON(C2OCCN2c2cccs2)O1. The van der Waals surface area contributed by atoms with Crippen molar-refractivity contribution in [3.05, 3.63) is 30.0 Å². The van der Waals surface area contributed by atoms with Gasteiger partial charge in [0.15, 0.2) is 12.5 Å². The molecule has 0 N–H and O–H groups in total. The van der Waals surface area contributed by atoms with Crippen LogP contribution < -0.4 is 4.90 Å². The average molecular weight is 226 g/mol. The maximum Gasteiger partial charge on any atom is 0.261 e. The summed E-state index contributed by atoms with van der Waals surface area (Å²) in [5.41, 5.74) is 0. The molecule has 0 radical (unpaired) electrons. The molecule has 1 aromatic heterocycles. The maximum atomic E-state index is 5.54. The van der Waals surface area contributed by atoms with Crippen LogP contribution in [0.4, 0.5) is 5.00 Å². The van der Waals surface area contributed by atoms with Crippen LogP contribution in [0, 0.1) is 0 Å². The van der Waals surface area contributed by atoms with Gasteiger partial charge in [0.05, 0.1) is 16.8 Å². The molecule has 1 fully saturated rings. The highest BCUT2D eigenvalue weighted by Crippen LogP contribution is 2.29. The van der Waals surface area contributed by atoms with Crippen molar-refractivity contribution < 1.29 is 14.4 Å². The normalized spacial score (nSPS) is 25.6. The van der Waals surface area contributed by atoms with Crippen molar-refractivity contribution in [1.82, 2.24) is 5.23 Å². The van der Waals surface area contributed by atoms with Crippen LogP contribution in [0.15, 0.2) is 30.0 Å². The third-order valence-corrected chi connectivity index (χ3v) is 3.13. The van der Waals surface area contributed by atoms with Crippen molar-refractivity contribution in [2.24, 2.45) is 0 Å². The second-order valence-corrected chi connectivity index (χ2v) is 4.04. The van der Waals surface area contributed by atoms with E-state index in [9.17, 15) is 0 Å². The van der Waals surface area contributed by atoms with Crippen molar-refractivity contribution in [3.8, 4) is 0 Å². The van der Waals surface area contributed by atoms with E-state index in [0.717, 1.165) is 11.5 Å². The highest BCUT2D eigenvalue weighted by molar-refractivity contribution is 7.14. The number of hydroxylamine groups is 2. The largest absolute Gasteiger partial charge is 0.372 e. The quantitative estimate of drug-likeness (QED) is 0.763. The van der Waals surface area contributed by atoms with E-state index in [2.05, 4.69) is 11.0 Å². The average Bonchev–Trinajstić information content (AvgIpc) is 3.01. The number of hydrogen-bond acceptors (Lipinski definition) is 6. The van der Waals surface area contributed by atoms with E-state index in [4.69, 9.17) is 14.4 Å². The molecule has 6 heteroatoms. The van der Waals surface area contributed by atoms with Crippen LogP contribution >= 0.6 is 11.3 Å². The van der Waals surface area contributed by atoms with Gasteiger partial charge in [-0.25, -0.2) is 0 Å². The monoisotopic (exact) mass is 226 g/mol. The molecule has 0 amide bonds. The number of anilines is 1. The zero-order valence-electron chi connectivity index (χ0n) is 7.91. The molecule has 0 aromatic carbocycles. The van der Waals surface area contributed by atoms with E-state index in [1.165, 1.54) is 17.8 Å².